The van der Waals surface area contributed by atoms with E-state index in [0.29, 0.717) is 15.9 Å². The maximum atomic E-state index is 12.8. The average molecular weight is 339 g/mol. The standard InChI is InChI=1S/C14H12BrFN2O2/c1-9-17-8-12(15)14(20)18(9)7-6-13(19)10-2-4-11(16)5-3-10/h2-5,8H,6-7H2,1H3. The highest BCUT2D eigenvalue weighted by Gasteiger charge is 2.10. The van der Waals surface area contributed by atoms with Gasteiger partial charge in [-0.1, -0.05) is 0 Å². The minimum Gasteiger partial charge on any atom is -0.295 e. The predicted molar refractivity (Wildman–Crippen MR) is 76.3 cm³/mol. The lowest BCUT2D eigenvalue weighted by atomic mass is 10.1. The second kappa shape index (κ2) is 6.09. The van der Waals surface area contributed by atoms with Crippen LogP contribution in [0.1, 0.15) is 22.6 Å². The molecule has 0 aliphatic heterocycles. The van der Waals surface area contributed by atoms with E-state index in [4.69, 9.17) is 0 Å². The summed E-state index contributed by atoms with van der Waals surface area (Å²) < 4.78 is 14.6. The molecule has 2 rings (SSSR count). The van der Waals surface area contributed by atoms with Gasteiger partial charge in [-0.3, -0.25) is 14.2 Å². The number of hydrogen-bond donors (Lipinski definition) is 0. The van der Waals surface area contributed by atoms with E-state index >= 15 is 0 Å². The molecule has 0 N–H and O–H groups in total. The van der Waals surface area contributed by atoms with Crippen LogP contribution in [0.2, 0.25) is 0 Å². The minimum absolute atomic E-state index is 0.142. The fraction of sp³-hybridized carbons (Fsp3) is 0.214. The largest absolute Gasteiger partial charge is 0.295 e. The van der Waals surface area contributed by atoms with Gasteiger partial charge in [-0.15, -0.1) is 0 Å². The van der Waals surface area contributed by atoms with E-state index in [2.05, 4.69) is 20.9 Å². The molecule has 104 valence electrons. The van der Waals surface area contributed by atoms with E-state index in [1.54, 1.807) is 6.92 Å². The summed E-state index contributed by atoms with van der Waals surface area (Å²) in [5, 5.41) is 0. The van der Waals surface area contributed by atoms with Crippen LogP contribution in [0.3, 0.4) is 0 Å². The number of halogens is 2. The monoisotopic (exact) mass is 338 g/mol. The van der Waals surface area contributed by atoms with Gasteiger partial charge in [-0.25, -0.2) is 9.37 Å². The predicted octanol–water partition coefficient (Wildman–Crippen LogP) is 2.73. The molecule has 4 nitrogen and oxygen atoms in total. The molecule has 0 amide bonds. The first-order chi connectivity index (χ1) is 9.49. The summed E-state index contributed by atoms with van der Waals surface area (Å²) >= 11 is 3.12. The number of benzene rings is 1. The van der Waals surface area contributed by atoms with Gasteiger partial charge in [-0.05, 0) is 47.1 Å². The maximum absolute atomic E-state index is 12.8. The van der Waals surface area contributed by atoms with E-state index in [1.165, 1.54) is 35.0 Å². The summed E-state index contributed by atoms with van der Waals surface area (Å²) in [5.74, 6) is 0.0196. The van der Waals surface area contributed by atoms with Crippen LogP contribution >= 0.6 is 15.9 Å². The number of hydrogen-bond acceptors (Lipinski definition) is 3. The van der Waals surface area contributed by atoms with Crippen molar-refractivity contribution < 1.29 is 9.18 Å². The number of carbonyl (C=O) groups excluding carboxylic acids is 1. The molecule has 20 heavy (non-hydrogen) atoms. The Balaban J connectivity index is 2.13. The number of Topliss-reactive ketones (excluding diaryl/α,β-unsaturated/α-hetero) is 1. The molecule has 0 aliphatic rings. The third-order valence-electron chi connectivity index (χ3n) is 2.93. The van der Waals surface area contributed by atoms with Gasteiger partial charge in [-0.2, -0.15) is 0 Å². The summed E-state index contributed by atoms with van der Waals surface area (Å²) in [5.41, 5.74) is 0.212. The van der Waals surface area contributed by atoms with Gasteiger partial charge in [0.05, 0.1) is 0 Å². The molecule has 0 radical (unpaired) electrons. The highest BCUT2D eigenvalue weighted by atomic mass is 79.9. The van der Waals surface area contributed by atoms with Crippen molar-refractivity contribution in [2.75, 3.05) is 0 Å². The van der Waals surface area contributed by atoms with Gasteiger partial charge >= 0.3 is 0 Å². The molecule has 0 unspecified atom stereocenters. The lowest BCUT2D eigenvalue weighted by Gasteiger charge is -2.08. The lowest BCUT2D eigenvalue weighted by Crippen LogP contribution is -2.25. The Morgan fingerprint density at radius 2 is 2.00 bits per heavy atom. The van der Waals surface area contributed by atoms with E-state index in [-0.39, 0.29) is 30.1 Å². The second-order valence-electron chi connectivity index (χ2n) is 4.29. The van der Waals surface area contributed by atoms with Crippen LogP contribution in [-0.2, 0) is 6.54 Å². The van der Waals surface area contributed by atoms with Gasteiger partial charge < -0.3 is 0 Å². The summed E-state index contributed by atoms with van der Waals surface area (Å²) in [6.07, 6.45) is 1.60. The van der Waals surface area contributed by atoms with Gasteiger partial charge in [0.15, 0.2) is 5.78 Å². The van der Waals surface area contributed by atoms with E-state index in [1.807, 2.05) is 0 Å². The normalized spacial score (nSPS) is 10.6. The first-order valence-corrected chi connectivity index (χ1v) is 6.79. The molecule has 1 aromatic carbocycles. The van der Waals surface area contributed by atoms with Crippen molar-refractivity contribution in [3.8, 4) is 0 Å². The third-order valence-corrected chi connectivity index (χ3v) is 3.48. The van der Waals surface area contributed by atoms with E-state index in [0.717, 1.165) is 0 Å². The summed E-state index contributed by atoms with van der Waals surface area (Å²) in [6.45, 7) is 1.95. The number of rotatable bonds is 4. The first kappa shape index (κ1) is 14.6. The van der Waals surface area contributed by atoms with Crippen molar-refractivity contribution >= 4 is 21.7 Å². The fourth-order valence-electron chi connectivity index (χ4n) is 1.81. The average Bonchev–Trinajstić information content (AvgIpc) is 2.43. The highest BCUT2D eigenvalue weighted by Crippen LogP contribution is 2.08. The van der Waals surface area contributed by atoms with Crippen molar-refractivity contribution in [1.82, 2.24) is 9.55 Å². The zero-order valence-electron chi connectivity index (χ0n) is 10.8. The molecule has 2 aromatic rings. The van der Waals surface area contributed by atoms with Crippen molar-refractivity contribution in [2.45, 2.75) is 19.9 Å². The molecule has 0 saturated carbocycles. The van der Waals surface area contributed by atoms with Gasteiger partial charge in [0.2, 0.25) is 0 Å². The molecule has 1 heterocycles. The molecule has 0 saturated heterocycles. The molecule has 0 atom stereocenters. The zero-order valence-corrected chi connectivity index (χ0v) is 12.4. The van der Waals surface area contributed by atoms with Gasteiger partial charge in [0, 0.05) is 24.7 Å². The number of ketones is 1. The van der Waals surface area contributed by atoms with Crippen LogP contribution < -0.4 is 5.56 Å². The quantitative estimate of drug-likeness (QED) is 0.805. The van der Waals surface area contributed by atoms with Crippen LogP contribution in [0.4, 0.5) is 4.39 Å². The molecular formula is C14H12BrFN2O2. The number of nitrogens with zero attached hydrogens (tertiary/aromatic N) is 2. The van der Waals surface area contributed by atoms with Crippen molar-refractivity contribution in [3.05, 3.63) is 62.5 Å². The highest BCUT2D eigenvalue weighted by molar-refractivity contribution is 9.10. The van der Waals surface area contributed by atoms with Crippen LogP contribution in [0, 0.1) is 12.7 Å². The SMILES string of the molecule is Cc1ncc(Br)c(=O)n1CCC(=O)c1ccc(F)cc1. The molecule has 0 bridgehead atoms. The Morgan fingerprint density at radius 1 is 1.35 bits per heavy atom. The van der Waals surface area contributed by atoms with Crippen LogP contribution in [0.5, 0.6) is 0 Å². The topological polar surface area (TPSA) is 52.0 Å². The molecule has 0 aliphatic carbocycles. The molecule has 0 spiro atoms. The molecule has 0 fully saturated rings. The molecular weight excluding hydrogens is 327 g/mol. The Hall–Kier alpha value is -1.82. The summed E-state index contributed by atoms with van der Waals surface area (Å²) in [6, 6.07) is 5.36. The summed E-state index contributed by atoms with van der Waals surface area (Å²) in [7, 11) is 0. The van der Waals surface area contributed by atoms with E-state index in [9.17, 15) is 14.0 Å². The Kier molecular flexibility index (Phi) is 4.44. The fourth-order valence-corrected chi connectivity index (χ4v) is 2.12. The zero-order chi connectivity index (χ0) is 14.7. The van der Waals surface area contributed by atoms with Crippen LogP contribution in [-0.4, -0.2) is 15.3 Å². The molecule has 6 heteroatoms. The number of carbonyl (C=O) groups is 1. The van der Waals surface area contributed by atoms with E-state index < -0.39 is 0 Å². The van der Waals surface area contributed by atoms with Crippen molar-refractivity contribution in [1.29, 1.82) is 0 Å². The van der Waals surface area contributed by atoms with Crippen LogP contribution in [0.15, 0.2) is 39.7 Å². The number of aryl methyl sites for hydroxylation is 1. The maximum Gasteiger partial charge on any atom is 0.267 e. The Labute approximate surface area is 123 Å². The smallest absolute Gasteiger partial charge is 0.267 e. The molecule has 1 aromatic heterocycles. The van der Waals surface area contributed by atoms with Crippen LogP contribution in [0.25, 0.3) is 0 Å². The van der Waals surface area contributed by atoms with Crippen molar-refractivity contribution in [2.24, 2.45) is 0 Å². The van der Waals surface area contributed by atoms with Gasteiger partial charge in [0.25, 0.3) is 5.56 Å². The second-order valence-corrected chi connectivity index (χ2v) is 5.14. The van der Waals surface area contributed by atoms with Crippen molar-refractivity contribution in [3.63, 3.8) is 0 Å². The lowest BCUT2D eigenvalue weighted by molar-refractivity contribution is 0.0976. The number of aromatic nitrogens is 2. The third kappa shape index (κ3) is 3.19. The summed E-state index contributed by atoms with van der Waals surface area (Å²) in [4.78, 5) is 27.9. The van der Waals surface area contributed by atoms with Gasteiger partial charge in [0.1, 0.15) is 16.1 Å². The first-order valence-electron chi connectivity index (χ1n) is 6.00. The Bertz CT molecular complexity index is 695. The Morgan fingerprint density at radius 3 is 2.65 bits per heavy atom. The minimum atomic E-state index is -0.384.